The normalized spacial score (nSPS) is 13.5. The van der Waals surface area contributed by atoms with Crippen LogP contribution in [0.25, 0.3) is 0 Å². The molecule has 2 rings (SSSR count). The van der Waals surface area contributed by atoms with Gasteiger partial charge in [0.05, 0.1) is 18.1 Å². The number of aliphatic hydroxyl groups excluding tert-OH is 1. The Hall–Kier alpha value is -2.32. The summed E-state index contributed by atoms with van der Waals surface area (Å²) in [4.78, 5) is 3.97. The van der Waals surface area contributed by atoms with Crippen LogP contribution in [-0.4, -0.2) is 16.1 Å². The number of aromatic nitrogens is 1. The molecule has 2 N–H and O–H groups in total. The minimum absolute atomic E-state index is 0.0508. The Labute approximate surface area is 111 Å². The third kappa shape index (κ3) is 3.57. The quantitative estimate of drug-likeness (QED) is 0.859. The van der Waals surface area contributed by atoms with Crippen molar-refractivity contribution in [2.24, 2.45) is 0 Å². The smallest absolute Gasteiger partial charge is 0.140 e. The van der Waals surface area contributed by atoms with E-state index in [1.54, 1.807) is 36.7 Å². The zero-order chi connectivity index (χ0) is 13.7. The van der Waals surface area contributed by atoms with Gasteiger partial charge in [-0.1, -0.05) is 0 Å². The van der Waals surface area contributed by atoms with Crippen LogP contribution in [0.5, 0.6) is 0 Å². The first-order valence-corrected chi connectivity index (χ1v) is 6.03. The first-order chi connectivity index (χ1) is 9.19. The van der Waals surface area contributed by atoms with Crippen molar-refractivity contribution in [2.75, 3.05) is 5.32 Å². The second-order valence-electron chi connectivity index (χ2n) is 4.36. The maximum absolute atomic E-state index is 9.95. The molecule has 2 aromatic rings. The number of hydrogen-bond donors (Lipinski definition) is 2. The molecule has 2 heterocycles. The summed E-state index contributed by atoms with van der Waals surface area (Å²) in [5, 5.41) is 21.8. The van der Waals surface area contributed by atoms with Gasteiger partial charge in [0.1, 0.15) is 23.6 Å². The SMILES string of the molecule is C[C@H](C[C@H](O)c1ccco1)Nc1ccc(C#N)nc1. The minimum Gasteiger partial charge on any atom is -0.467 e. The fraction of sp³-hybridized carbons (Fsp3) is 0.286. The molecule has 0 aliphatic rings. The third-order valence-corrected chi connectivity index (χ3v) is 2.74. The fourth-order valence-electron chi connectivity index (χ4n) is 1.82. The van der Waals surface area contributed by atoms with Crippen molar-refractivity contribution < 1.29 is 9.52 Å². The van der Waals surface area contributed by atoms with E-state index in [2.05, 4.69) is 10.3 Å². The summed E-state index contributed by atoms with van der Waals surface area (Å²) in [6.45, 7) is 1.96. The monoisotopic (exact) mass is 257 g/mol. The van der Waals surface area contributed by atoms with Crippen molar-refractivity contribution in [1.29, 1.82) is 5.26 Å². The first kappa shape index (κ1) is 13.1. The number of hydrogen-bond acceptors (Lipinski definition) is 5. The zero-order valence-electron chi connectivity index (χ0n) is 10.6. The molecule has 0 radical (unpaired) electrons. The summed E-state index contributed by atoms with van der Waals surface area (Å²) in [5.74, 6) is 0.562. The van der Waals surface area contributed by atoms with E-state index >= 15 is 0 Å². The molecular formula is C14H15N3O2. The van der Waals surface area contributed by atoms with Crippen molar-refractivity contribution in [3.63, 3.8) is 0 Å². The molecule has 0 fully saturated rings. The summed E-state index contributed by atoms with van der Waals surface area (Å²) in [5.41, 5.74) is 1.20. The number of aliphatic hydroxyl groups is 1. The average molecular weight is 257 g/mol. The number of nitriles is 1. The number of anilines is 1. The Morgan fingerprint density at radius 1 is 1.47 bits per heavy atom. The van der Waals surface area contributed by atoms with Crippen molar-refractivity contribution >= 4 is 5.69 Å². The topological polar surface area (TPSA) is 82.1 Å². The van der Waals surface area contributed by atoms with Gasteiger partial charge in [0.2, 0.25) is 0 Å². The number of nitrogens with zero attached hydrogens (tertiary/aromatic N) is 2. The number of rotatable bonds is 5. The van der Waals surface area contributed by atoms with Crippen LogP contribution < -0.4 is 5.32 Å². The summed E-state index contributed by atoms with van der Waals surface area (Å²) in [6, 6.07) is 8.96. The minimum atomic E-state index is -0.635. The highest BCUT2D eigenvalue weighted by Gasteiger charge is 2.14. The summed E-state index contributed by atoms with van der Waals surface area (Å²) >= 11 is 0. The molecule has 2 aromatic heterocycles. The standard InChI is InChI=1S/C14H15N3O2/c1-10(7-13(18)14-3-2-6-19-14)17-12-5-4-11(8-15)16-9-12/h2-6,9-10,13,17-18H,7H2,1H3/t10-,13+/m1/s1. The Morgan fingerprint density at radius 3 is 2.89 bits per heavy atom. The Morgan fingerprint density at radius 2 is 2.32 bits per heavy atom. The molecule has 0 spiro atoms. The Kier molecular flexibility index (Phi) is 4.16. The molecule has 0 unspecified atom stereocenters. The zero-order valence-corrected chi connectivity index (χ0v) is 10.6. The van der Waals surface area contributed by atoms with Crippen LogP contribution in [0.4, 0.5) is 5.69 Å². The maximum atomic E-state index is 9.95. The van der Waals surface area contributed by atoms with Gasteiger partial charge in [0.15, 0.2) is 0 Å². The average Bonchev–Trinajstić information content (AvgIpc) is 2.93. The van der Waals surface area contributed by atoms with Gasteiger partial charge in [-0.15, -0.1) is 0 Å². The second kappa shape index (κ2) is 6.03. The number of nitrogens with one attached hydrogen (secondary N) is 1. The summed E-state index contributed by atoms with van der Waals surface area (Å²) in [7, 11) is 0. The highest BCUT2D eigenvalue weighted by molar-refractivity contribution is 5.43. The van der Waals surface area contributed by atoms with Crippen LogP contribution in [0.15, 0.2) is 41.1 Å². The van der Waals surface area contributed by atoms with Crippen LogP contribution >= 0.6 is 0 Å². The van der Waals surface area contributed by atoms with Crippen molar-refractivity contribution in [2.45, 2.75) is 25.5 Å². The summed E-state index contributed by atoms with van der Waals surface area (Å²) < 4.78 is 5.15. The lowest BCUT2D eigenvalue weighted by Gasteiger charge is -2.17. The van der Waals surface area contributed by atoms with E-state index in [0.29, 0.717) is 17.9 Å². The van der Waals surface area contributed by atoms with Crippen molar-refractivity contribution in [3.05, 3.63) is 48.2 Å². The van der Waals surface area contributed by atoms with Crippen LogP contribution in [0.2, 0.25) is 0 Å². The van der Waals surface area contributed by atoms with E-state index in [1.807, 2.05) is 13.0 Å². The molecule has 0 aliphatic heterocycles. The molecule has 0 amide bonds. The van der Waals surface area contributed by atoms with E-state index in [4.69, 9.17) is 9.68 Å². The van der Waals surface area contributed by atoms with Gasteiger partial charge in [0.25, 0.3) is 0 Å². The fourth-order valence-corrected chi connectivity index (χ4v) is 1.82. The van der Waals surface area contributed by atoms with E-state index in [-0.39, 0.29) is 6.04 Å². The van der Waals surface area contributed by atoms with E-state index < -0.39 is 6.10 Å². The second-order valence-corrected chi connectivity index (χ2v) is 4.36. The lowest BCUT2D eigenvalue weighted by Crippen LogP contribution is -2.18. The van der Waals surface area contributed by atoms with Crippen LogP contribution in [0.3, 0.4) is 0 Å². The predicted octanol–water partition coefficient (Wildman–Crippen LogP) is 2.47. The Bertz CT molecular complexity index is 543. The van der Waals surface area contributed by atoms with Crippen molar-refractivity contribution in [1.82, 2.24) is 4.98 Å². The van der Waals surface area contributed by atoms with E-state index in [1.165, 1.54) is 0 Å². The van der Waals surface area contributed by atoms with Gasteiger partial charge in [-0.05, 0) is 31.2 Å². The largest absolute Gasteiger partial charge is 0.467 e. The molecule has 2 atom stereocenters. The molecule has 98 valence electrons. The Balaban J connectivity index is 1.90. The van der Waals surface area contributed by atoms with E-state index in [9.17, 15) is 5.11 Å². The molecule has 5 nitrogen and oxygen atoms in total. The third-order valence-electron chi connectivity index (χ3n) is 2.74. The highest BCUT2D eigenvalue weighted by Crippen LogP contribution is 2.20. The van der Waals surface area contributed by atoms with Crippen LogP contribution in [-0.2, 0) is 0 Å². The molecule has 5 heteroatoms. The van der Waals surface area contributed by atoms with Crippen LogP contribution in [0.1, 0.15) is 30.9 Å². The van der Waals surface area contributed by atoms with Gasteiger partial charge in [0, 0.05) is 12.5 Å². The number of pyridine rings is 1. The molecule has 0 saturated carbocycles. The molecule has 0 saturated heterocycles. The number of furan rings is 1. The molecular weight excluding hydrogens is 242 g/mol. The van der Waals surface area contributed by atoms with E-state index in [0.717, 1.165) is 5.69 Å². The molecule has 0 aliphatic carbocycles. The lowest BCUT2D eigenvalue weighted by atomic mass is 10.1. The first-order valence-electron chi connectivity index (χ1n) is 6.03. The summed E-state index contributed by atoms with van der Waals surface area (Å²) in [6.07, 6.45) is 3.03. The maximum Gasteiger partial charge on any atom is 0.140 e. The molecule has 0 bridgehead atoms. The molecule has 19 heavy (non-hydrogen) atoms. The van der Waals surface area contributed by atoms with Gasteiger partial charge in [-0.2, -0.15) is 5.26 Å². The highest BCUT2D eigenvalue weighted by atomic mass is 16.4. The lowest BCUT2D eigenvalue weighted by molar-refractivity contribution is 0.136. The molecule has 0 aromatic carbocycles. The van der Waals surface area contributed by atoms with Gasteiger partial charge < -0.3 is 14.8 Å². The van der Waals surface area contributed by atoms with Gasteiger partial charge in [-0.25, -0.2) is 4.98 Å². The van der Waals surface area contributed by atoms with Gasteiger partial charge >= 0.3 is 0 Å². The van der Waals surface area contributed by atoms with Crippen molar-refractivity contribution in [3.8, 4) is 6.07 Å². The van der Waals surface area contributed by atoms with Crippen LogP contribution in [0, 0.1) is 11.3 Å². The predicted molar refractivity (Wildman–Crippen MR) is 70.3 cm³/mol. The van der Waals surface area contributed by atoms with Gasteiger partial charge in [-0.3, -0.25) is 0 Å².